The lowest BCUT2D eigenvalue weighted by atomic mass is 10.3. The molecule has 5 nitrogen and oxygen atoms in total. The summed E-state index contributed by atoms with van der Waals surface area (Å²) in [7, 11) is -3.23. The molecule has 0 aliphatic rings. The number of aromatic nitrogens is 2. The van der Waals surface area contributed by atoms with Gasteiger partial charge in [0.2, 0.25) is 11.2 Å². The number of nitrogens with zero attached hydrogens (tertiary/aromatic N) is 2. The summed E-state index contributed by atoms with van der Waals surface area (Å²) in [5.74, 6) is -0.297. The maximum atomic E-state index is 11.8. The second kappa shape index (κ2) is 3.71. The maximum Gasteiger partial charge on any atom is 0.242 e. The largest absolute Gasteiger partial charge is 0.618 e. The van der Waals surface area contributed by atoms with Gasteiger partial charge in [0.25, 0.3) is 0 Å². The Balaban J connectivity index is 2.61. The minimum atomic E-state index is -3.23. The molecule has 0 atom stereocenters. The van der Waals surface area contributed by atoms with Crippen LogP contribution in [0.1, 0.15) is 5.69 Å². The number of fused-ring (bicyclic) bond motifs is 1. The van der Waals surface area contributed by atoms with Crippen LogP contribution in [0.4, 0.5) is 0 Å². The third kappa shape index (κ3) is 2.11. The predicted molar refractivity (Wildman–Crippen MR) is 59.3 cm³/mol. The zero-order chi connectivity index (χ0) is 11.8. The molecule has 0 aliphatic carbocycles. The first kappa shape index (κ1) is 10.8. The van der Waals surface area contributed by atoms with E-state index in [1.165, 1.54) is 6.20 Å². The molecule has 16 heavy (non-hydrogen) atoms. The molecule has 0 saturated carbocycles. The lowest BCUT2D eigenvalue weighted by Gasteiger charge is -2.05. The number of para-hydroxylation sites is 2. The summed E-state index contributed by atoms with van der Waals surface area (Å²) in [6.07, 6.45) is 2.39. The monoisotopic (exact) mass is 238 g/mol. The van der Waals surface area contributed by atoms with Gasteiger partial charge in [-0.25, -0.2) is 13.4 Å². The summed E-state index contributed by atoms with van der Waals surface area (Å²) in [4.78, 5) is 4.04. The number of hydrogen-bond acceptors (Lipinski definition) is 4. The van der Waals surface area contributed by atoms with Crippen molar-refractivity contribution in [1.82, 2.24) is 4.98 Å². The Kier molecular flexibility index (Phi) is 2.51. The van der Waals surface area contributed by atoms with Crippen LogP contribution in [0.5, 0.6) is 0 Å². The summed E-state index contributed by atoms with van der Waals surface area (Å²) < 4.78 is 22.8. The average Bonchev–Trinajstić information content (AvgIpc) is 2.21. The molecule has 1 aromatic heterocycles. The molecule has 0 saturated heterocycles. The zero-order valence-electron chi connectivity index (χ0n) is 8.62. The molecular formula is C10H10N2O3S. The molecule has 1 heterocycles. The van der Waals surface area contributed by atoms with Crippen molar-refractivity contribution in [3.05, 3.63) is 41.4 Å². The van der Waals surface area contributed by atoms with Gasteiger partial charge in [0.1, 0.15) is 11.3 Å². The molecule has 0 bridgehead atoms. The number of benzene rings is 1. The molecule has 0 aliphatic heterocycles. The van der Waals surface area contributed by atoms with Crippen LogP contribution in [0.2, 0.25) is 0 Å². The molecule has 0 unspecified atom stereocenters. The van der Waals surface area contributed by atoms with Crippen LogP contribution in [0.3, 0.4) is 0 Å². The van der Waals surface area contributed by atoms with E-state index in [9.17, 15) is 13.6 Å². The van der Waals surface area contributed by atoms with E-state index in [4.69, 9.17) is 0 Å². The maximum absolute atomic E-state index is 11.8. The summed E-state index contributed by atoms with van der Waals surface area (Å²) in [5, 5.41) is 11.8. The van der Waals surface area contributed by atoms with Crippen molar-refractivity contribution >= 4 is 20.9 Å². The zero-order valence-corrected chi connectivity index (χ0v) is 9.44. The van der Waals surface area contributed by atoms with E-state index < -0.39 is 9.84 Å². The fraction of sp³-hybridized carbons (Fsp3) is 0.200. The molecule has 6 heteroatoms. The highest BCUT2D eigenvalue weighted by atomic mass is 32.2. The van der Waals surface area contributed by atoms with E-state index in [1.54, 1.807) is 24.3 Å². The van der Waals surface area contributed by atoms with Crippen LogP contribution >= 0.6 is 0 Å². The minimum Gasteiger partial charge on any atom is -0.618 e. The summed E-state index contributed by atoms with van der Waals surface area (Å²) in [6.45, 7) is 0. The predicted octanol–water partition coefficient (Wildman–Crippen LogP) is 0.413. The number of sulfone groups is 1. The van der Waals surface area contributed by atoms with E-state index in [0.29, 0.717) is 15.8 Å². The summed E-state index contributed by atoms with van der Waals surface area (Å²) in [6, 6.07) is 6.79. The van der Waals surface area contributed by atoms with Crippen LogP contribution in [0.25, 0.3) is 11.0 Å². The summed E-state index contributed by atoms with van der Waals surface area (Å²) >= 11 is 0. The van der Waals surface area contributed by atoms with Gasteiger partial charge >= 0.3 is 0 Å². The highest BCUT2D eigenvalue weighted by Gasteiger charge is 2.16. The number of hydrogen-bond donors (Lipinski definition) is 0. The lowest BCUT2D eigenvalue weighted by Crippen LogP contribution is -2.34. The van der Waals surface area contributed by atoms with Gasteiger partial charge in [-0.2, -0.15) is 4.73 Å². The molecular weight excluding hydrogens is 228 g/mol. The van der Waals surface area contributed by atoms with Crippen LogP contribution in [-0.4, -0.2) is 19.7 Å². The standard InChI is InChI=1S/C10H10N2O3S/c1-16(14,15)7-8-6-11-9-4-2-3-5-10(9)12(8)13/h2-6H,7H2,1H3. The Morgan fingerprint density at radius 3 is 2.75 bits per heavy atom. The van der Waals surface area contributed by atoms with Crippen LogP contribution in [0.15, 0.2) is 30.5 Å². The Morgan fingerprint density at radius 1 is 1.38 bits per heavy atom. The van der Waals surface area contributed by atoms with Crippen molar-refractivity contribution in [3.63, 3.8) is 0 Å². The Hall–Kier alpha value is -1.69. The molecule has 0 radical (unpaired) electrons. The SMILES string of the molecule is CS(=O)(=O)Cc1cnc2ccccc2[n+]1[O-]. The van der Waals surface area contributed by atoms with Gasteiger partial charge in [0, 0.05) is 12.3 Å². The molecule has 0 amide bonds. The molecule has 2 rings (SSSR count). The van der Waals surface area contributed by atoms with Crippen molar-refractivity contribution in [3.8, 4) is 0 Å². The quantitative estimate of drug-likeness (QED) is 0.561. The van der Waals surface area contributed by atoms with Crippen molar-refractivity contribution in [2.45, 2.75) is 5.75 Å². The highest BCUT2D eigenvalue weighted by Crippen LogP contribution is 2.07. The Labute approximate surface area is 92.9 Å². The summed E-state index contributed by atoms with van der Waals surface area (Å²) in [5.41, 5.74) is 1.07. The second-order valence-electron chi connectivity index (χ2n) is 3.60. The van der Waals surface area contributed by atoms with Crippen molar-refractivity contribution in [2.75, 3.05) is 6.26 Å². The molecule has 0 N–H and O–H groups in total. The molecule has 84 valence electrons. The van der Waals surface area contributed by atoms with E-state index in [-0.39, 0.29) is 11.4 Å². The third-order valence-electron chi connectivity index (χ3n) is 2.12. The molecule has 2 aromatic rings. The normalized spacial score (nSPS) is 11.8. The fourth-order valence-electron chi connectivity index (χ4n) is 1.46. The van der Waals surface area contributed by atoms with Gasteiger partial charge in [-0.15, -0.1) is 0 Å². The van der Waals surface area contributed by atoms with Crippen LogP contribution in [0, 0.1) is 5.21 Å². The van der Waals surface area contributed by atoms with E-state index in [0.717, 1.165) is 6.26 Å². The molecule has 0 fully saturated rings. The number of rotatable bonds is 2. The van der Waals surface area contributed by atoms with Crippen molar-refractivity contribution in [2.24, 2.45) is 0 Å². The van der Waals surface area contributed by atoms with Crippen molar-refractivity contribution < 1.29 is 13.1 Å². The van der Waals surface area contributed by atoms with Gasteiger partial charge in [0.05, 0.1) is 6.20 Å². The third-order valence-corrected chi connectivity index (χ3v) is 2.94. The first-order valence-corrected chi connectivity index (χ1v) is 6.67. The van der Waals surface area contributed by atoms with Crippen LogP contribution < -0.4 is 4.73 Å². The Morgan fingerprint density at radius 2 is 2.06 bits per heavy atom. The van der Waals surface area contributed by atoms with Gasteiger partial charge in [-0.05, 0) is 6.07 Å². The Bertz CT molecular complexity index is 638. The van der Waals surface area contributed by atoms with Gasteiger partial charge in [0.15, 0.2) is 9.84 Å². The lowest BCUT2D eigenvalue weighted by molar-refractivity contribution is -0.585. The first-order valence-electron chi connectivity index (χ1n) is 4.61. The van der Waals surface area contributed by atoms with E-state index >= 15 is 0 Å². The van der Waals surface area contributed by atoms with E-state index in [1.807, 2.05) is 0 Å². The average molecular weight is 238 g/mol. The van der Waals surface area contributed by atoms with E-state index in [2.05, 4.69) is 4.98 Å². The van der Waals surface area contributed by atoms with Crippen LogP contribution in [-0.2, 0) is 15.6 Å². The van der Waals surface area contributed by atoms with Gasteiger partial charge < -0.3 is 5.21 Å². The fourth-order valence-corrected chi connectivity index (χ4v) is 2.19. The first-order chi connectivity index (χ1) is 7.47. The topological polar surface area (TPSA) is 74.0 Å². The highest BCUT2D eigenvalue weighted by molar-refractivity contribution is 7.89. The minimum absolute atomic E-state index is 0.140. The van der Waals surface area contributed by atoms with Gasteiger partial charge in [-0.3, -0.25) is 0 Å². The van der Waals surface area contributed by atoms with Gasteiger partial charge in [-0.1, -0.05) is 12.1 Å². The second-order valence-corrected chi connectivity index (χ2v) is 5.74. The molecule has 1 aromatic carbocycles. The smallest absolute Gasteiger partial charge is 0.242 e. The molecule has 0 spiro atoms. The van der Waals surface area contributed by atoms with Crippen molar-refractivity contribution in [1.29, 1.82) is 0 Å².